The molecular weight excluding hydrogens is 198 g/mol. The van der Waals surface area contributed by atoms with Gasteiger partial charge in [0.05, 0.1) is 0 Å². The number of nitrogens with one attached hydrogen (secondary N) is 1. The summed E-state index contributed by atoms with van der Waals surface area (Å²) in [5, 5.41) is 3.40. The van der Waals surface area contributed by atoms with Crippen molar-refractivity contribution in [2.75, 3.05) is 32.2 Å². The van der Waals surface area contributed by atoms with Crippen molar-refractivity contribution in [3.8, 4) is 0 Å². The zero-order valence-corrected chi connectivity index (χ0v) is 10.3. The molecule has 0 aliphatic heterocycles. The Morgan fingerprint density at radius 3 is 2.64 bits per heavy atom. The lowest BCUT2D eigenvalue weighted by atomic mass is 10.1. The fourth-order valence-electron chi connectivity index (χ4n) is 1.22. The van der Waals surface area contributed by atoms with Crippen LogP contribution in [0.3, 0.4) is 0 Å². The largest absolute Gasteiger partial charge is 0.382 e. The maximum absolute atomic E-state index is 5.71. The molecule has 0 aliphatic carbocycles. The van der Waals surface area contributed by atoms with E-state index in [1.54, 1.807) is 0 Å². The predicted octanol–water partition coefficient (Wildman–Crippen LogP) is 2.66. The number of halogens is 1. The van der Waals surface area contributed by atoms with Gasteiger partial charge in [0.2, 0.25) is 0 Å². The monoisotopic (exact) mass is 221 g/mol. The second-order valence-electron chi connectivity index (χ2n) is 3.70. The van der Waals surface area contributed by atoms with E-state index in [1.807, 2.05) is 6.92 Å². The molecule has 0 saturated heterocycles. The Bertz CT molecular complexity index is 111. The van der Waals surface area contributed by atoms with Gasteiger partial charge >= 0.3 is 0 Å². The summed E-state index contributed by atoms with van der Waals surface area (Å²) in [6.07, 6.45) is 3.56. The highest BCUT2D eigenvalue weighted by atomic mass is 35.5. The summed E-state index contributed by atoms with van der Waals surface area (Å²) in [7, 11) is 0. The molecule has 2 nitrogen and oxygen atoms in total. The molecule has 0 aromatic heterocycles. The maximum atomic E-state index is 5.71. The molecule has 1 N–H and O–H groups in total. The van der Waals surface area contributed by atoms with Gasteiger partial charge in [0, 0.05) is 19.1 Å². The first-order valence-corrected chi connectivity index (χ1v) is 6.19. The fraction of sp³-hybridized carbons (Fsp3) is 1.00. The molecule has 1 atom stereocenters. The maximum Gasteiger partial charge on any atom is 0.0477 e. The molecule has 1 unspecified atom stereocenters. The summed E-state index contributed by atoms with van der Waals surface area (Å²) in [5.41, 5.74) is 0. The van der Waals surface area contributed by atoms with Crippen LogP contribution in [0, 0.1) is 5.92 Å². The van der Waals surface area contributed by atoms with E-state index >= 15 is 0 Å². The molecule has 3 heteroatoms. The number of hydrogen-bond acceptors (Lipinski definition) is 2. The van der Waals surface area contributed by atoms with E-state index in [-0.39, 0.29) is 0 Å². The van der Waals surface area contributed by atoms with Gasteiger partial charge in [-0.1, -0.05) is 6.92 Å². The van der Waals surface area contributed by atoms with Crippen LogP contribution in [-0.4, -0.2) is 32.2 Å². The molecule has 0 spiro atoms. The Hall–Kier alpha value is 0.210. The minimum atomic E-state index is 0.655. The average molecular weight is 222 g/mol. The number of ether oxygens (including phenoxy) is 1. The Kier molecular flexibility index (Phi) is 11.5. The van der Waals surface area contributed by atoms with Crippen LogP contribution in [0.5, 0.6) is 0 Å². The smallest absolute Gasteiger partial charge is 0.0477 e. The van der Waals surface area contributed by atoms with Crippen molar-refractivity contribution in [3.05, 3.63) is 0 Å². The second-order valence-corrected chi connectivity index (χ2v) is 4.01. The van der Waals surface area contributed by atoms with E-state index in [1.165, 1.54) is 12.8 Å². The van der Waals surface area contributed by atoms with Crippen LogP contribution >= 0.6 is 11.6 Å². The third-order valence-electron chi connectivity index (χ3n) is 2.16. The minimum absolute atomic E-state index is 0.655. The molecule has 0 fully saturated rings. The topological polar surface area (TPSA) is 21.3 Å². The Balaban J connectivity index is 2.92. The van der Waals surface area contributed by atoms with E-state index < -0.39 is 0 Å². The first-order valence-electron chi connectivity index (χ1n) is 5.65. The Morgan fingerprint density at radius 1 is 1.29 bits per heavy atom. The summed E-state index contributed by atoms with van der Waals surface area (Å²) < 4.78 is 5.24. The third-order valence-corrected chi connectivity index (χ3v) is 2.69. The van der Waals surface area contributed by atoms with Gasteiger partial charge < -0.3 is 10.1 Å². The van der Waals surface area contributed by atoms with Gasteiger partial charge in [-0.3, -0.25) is 0 Å². The molecule has 0 rings (SSSR count). The fourth-order valence-corrected chi connectivity index (χ4v) is 1.38. The van der Waals surface area contributed by atoms with Crippen LogP contribution in [0.25, 0.3) is 0 Å². The molecule has 0 aliphatic rings. The summed E-state index contributed by atoms with van der Waals surface area (Å²) in [5.74, 6) is 1.44. The van der Waals surface area contributed by atoms with Crippen molar-refractivity contribution in [3.63, 3.8) is 0 Å². The van der Waals surface area contributed by atoms with Gasteiger partial charge in [0.1, 0.15) is 0 Å². The van der Waals surface area contributed by atoms with Crippen LogP contribution in [0.1, 0.15) is 33.1 Å². The third kappa shape index (κ3) is 10.3. The highest BCUT2D eigenvalue weighted by molar-refractivity contribution is 6.18. The van der Waals surface area contributed by atoms with Crippen molar-refractivity contribution < 1.29 is 4.74 Å². The van der Waals surface area contributed by atoms with Gasteiger partial charge in [-0.2, -0.15) is 0 Å². The molecule has 0 bridgehead atoms. The van der Waals surface area contributed by atoms with Crippen molar-refractivity contribution in [1.29, 1.82) is 0 Å². The standard InChI is InChI=1S/C11H24ClNO/c1-3-14-9-5-8-13-7-4-6-11(2)10-12/h11,13H,3-10H2,1-2H3. The minimum Gasteiger partial charge on any atom is -0.382 e. The molecule has 0 amide bonds. The zero-order valence-electron chi connectivity index (χ0n) is 9.52. The lowest BCUT2D eigenvalue weighted by molar-refractivity contribution is 0.145. The zero-order chi connectivity index (χ0) is 10.6. The van der Waals surface area contributed by atoms with E-state index in [2.05, 4.69) is 12.2 Å². The lowest BCUT2D eigenvalue weighted by Gasteiger charge is -2.07. The van der Waals surface area contributed by atoms with Gasteiger partial charge in [0.25, 0.3) is 0 Å². The highest BCUT2D eigenvalue weighted by Gasteiger charge is 1.98. The van der Waals surface area contributed by atoms with E-state index in [0.717, 1.165) is 38.6 Å². The van der Waals surface area contributed by atoms with Crippen LogP contribution < -0.4 is 5.32 Å². The summed E-state index contributed by atoms with van der Waals surface area (Å²) >= 11 is 5.71. The molecular formula is C11H24ClNO. The number of alkyl halides is 1. The van der Waals surface area contributed by atoms with Crippen LogP contribution in [-0.2, 0) is 4.74 Å². The first kappa shape index (κ1) is 14.2. The van der Waals surface area contributed by atoms with Gasteiger partial charge in [-0.15, -0.1) is 11.6 Å². The molecule has 0 aromatic carbocycles. The Labute approximate surface area is 93.4 Å². The predicted molar refractivity (Wildman–Crippen MR) is 63.1 cm³/mol. The highest BCUT2D eigenvalue weighted by Crippen LogP contribution is 2.05. The summed E-state index contributed by atoms with van der Waals surface area (Å²) in [6.45, 7) is 8.10. The molecule has 86 valence electrons. The van der Waals surface area contributed by atoms with Crippen molar-refractivity contribution in [2.24, 2.45) is 5.92 Å². The van der Waals surface area contributed by atoms with Crippen LogP contribution in [0.15, 0.2) is 0 Å². The first-order chi connectivity index (χ1) is 6.81. The van der Waals surface area contributed by atoms with E-state index in [9.17, 15) is 0 Å². The van der Waals surface area contributed by atoms with Gasteiger partial charge in [-0.05, 0) is 45.2 Å². The van der Waals surface area contributed by atoms with Gasteiger partial charge in [-0.25, -0.2) is 0 Å². The SMILES string of the molecule is CCOCCCNCCCC(C)CCl. The normalized spacial score (nSPS) is 13.1. The van der Waals surface area contributed by atoms with Crippen molar-refractivity contribution >= 4 is 11.6 Å². The molecule has 0 aromatic rings. The van der Waals surface area contributed by atoms with Crippen molar-refractivity contribution in [2.45, 2.75) is 33.1 Å². The Morgan fingerprint density at radius 2 is 2.00 bits per heavy atom. The number of rotatable bonds is 10. The van der Waals surface area contributed by atoms with E-state index in [4.69, 9.17) is 16.3 Å². The molecule has 14 heavy (non-hydrogen) atoms. The number of hydrogen-bond donors (Lipinski definition) is 1. The van der Waals surface area contributed by atoms with Crippen molar-refractivity contribution in [1.82, 2.24) is 5.32 Å². The van der Waals surface area contributed by atoms with Crippen LogP contribution in [0.4, 0.5) is 0 Å². The van der Waals surface area contributed by atoms with Gasteiger partial charge in [0.15, 0.2) is 0 Å². The molecule has 0 heterocycles. The summed E-state index contributed by atoms with van der Waals surface area (Å²) in [4.78, 5) is 0. The molecule has 0 saturated carbocycles. The quantitative estimate of drug-likeness (QED) is 0.453. The summed E-state index contributed by atoms with van der Waals surface area (Å²) in [6, 6.07) is 0. The average Bonchev–Trinajstić information content (AvgIpc) is 2.21. The lowest BCUT2D eigenvalue weighted by Crippen LogP contribution is -2.18. The molecule has 0 radical (unpaired) electrons. The van der Waals surface area contributed by atoms with Crippen LogP contribution in [0.2, 0.25) is 0 Å². The van der Waals surface area contributed by atoms with E-state index in [0.29, 0.717) is 5.92 Å². The second kappa shape index (κ2) is 11.3.